The van der Waals surface area contributed by atoms with E-state index in [-0.39, 0.29) is 5.29 Å². The van der Waals surface area contributed by atoms with Crippen LogP contribution in [0.1, 0.15) is 39.5 Å². The summed E-state index contributed by atoms with van der Waals surface area (Å²) < 4.78 is 0. The van der Waals surface area contributed by atoms with Crippen LogP contribution in [0.15, 0.2) is 4.99 Å². The summed E-state index contributed by atoms with van der Waals surface area (Å²) >= 11 is 11.3. The highest BCUT2D eigenvalue weighted by Gasteiger charge is 2.14. The van der Waals surface area contributed by atoms with Gasteiger partial charge in [-0.2, -0.15) is 0 Å². The van der Waals surface area contributed by atoms with Crippen LogP contribution in [0, 0.1) is 0 Å². The molecule has 5 heteroatoms. The van der Waals surface area contributed by atoms with Gasteiger partial charge in [-0.3, -0.25) is 14.7 Å². The number of carbonyl (C=O) groups is 1. The number of hydrogen-bond acceptors (Lipinski definition) is 2. The number of unbranched alkanes of at least 4 members (excludes halogenated alkanes) is 2. The van der Waals surface area contributed by atoms with Crippen LogP contribution in [0.25, 0.3) is 0 Å². The van der Waals surface area contributed by atoms with Crippen LogP contribution in [0.4, 0.5) is 4.79 Å². The zero-order valence-corrected chi connectivity index (χ0v) is 10.8. The molecule has 0 aliphatic carbocycles. The van der Waals surface area contributed by atoms with Crippen LogP contribution in [0.3, 0.4) is 0 Å². The first-order chi connectivity index (χ1) is 7.13. The van der Waals surface area contributed by atoms with E-state index < -0.39 is 5.37 Å². The summed E-state index contributed by atoms with van der Waals surface area (Å²) in [6.07, 6.45) is 3.88. The van der Waals surface area contributed by atoms with Crippen molar-refractivity contribution >= 4 is 33.9 Å². The molecule has 0 bridgehead atoms. The molecule has 0 saturated carbocycles. The van der Waals surface area contributed by atoms with Crippen molar-refractivity contribution in [1.29, 1.82) is 0 Å². The van der Waals surface area contributed by atoms with E-state index >= 15 is 0 Å². The Kier molecular flexibility index (Phi) is 8.82. The highest BCUT2D eigenvalue weighted by atomic mass is 35.5. The monoisotopic (exact) mass is 252 g/mol. The summed E-state index contributed by atoms with van der Waals surface area (Å²) in [6.45, 7) is 5.29. The second kappa shape index (κ2) is 8.98. The quantitative estimate of drug-likeness (QED) is 0.233. The topological polar surface area (TPSA) is 32.7 Å². The first-order valence-corrected chi connectivity index (χ1v) is 6.06. The molecule has 15 heavy (non-hydrogen) atoms. The van der Waals surface area contributed by atoms with Gasteiger partial charge in [-0.25, -0.2) is 0 Å². The molecule has 0 heterocycles. The lowest BCUT2D eigenvalue weighted by Crippen LogP contribution is -2.31. The third kappa shape index (κ3) is 6.74. The molecule has 0 aliphatic heterocycles. The zero-order chi connectivity index (χ0) is 11.7. The predicted molar refractivity (Wildman–Crippen MR) is 65.9 cm³/mol. The maximum atomic E-state index is 11.1. The van der Waals surface area contributed by atoms with Crippen molar-refractivity contribution in [3.8, 4) is 0 Å². The standard InChI is InChI=1S/C10H18Cl2N2O/c1-3-5-7-13-9(11)14(10(12)15)8-6-4-2/h3-8H2,1-2H3. The number of halogens is 2. The second-order valence-corrected chi connectivity index (χ2v) is 3.92. The van der Waals surface area contributed by atoms with Gasteiger partial charge in [0.05, 0.1) is 0 Å². The van der Waals surface area contributed by atoms with Crippen LogP contribution in [-0.2, 0) is 0 Å². The molecule has 0 aromatic carbocycles. The van der Waals surface area contributed by atoms with Crippen LogP contribution >= 0.6 is 23.2 Å². The minimum Gasteiger partial charge on any atom is -0.274 e. The van der Waals surface area contributed by atoms with E-state index in [1.807, 2.05) is 6.92 Å². The average Bonchev–Trinajstić information content (AvgIpc) is 2.18. The molecule has 0 aliphatic rings. The Balaban J connectivity index is 4.20. The fourth-order valence-corrected chi connectivity index (χ4v) is 1.44. The van der Waals surface area contributed by atoms with Crippen molar-refractivity contribution in [2.75, 3.05) is 13.1 Å². The van der Waals surface area contributed by atoms with E-state index in [0.29, 0.717) is 13.1 Å². The predicted octanol–water partition coefficient (Wildman–Crippen LogP) is 3.84. The summed E-state index contributed by atoms with van der Waals surface area (Å²) in [6, 6.07) is 0. The molecule has 0 radical (unpaired) electrons. The van der Waals surface area contributed by atoms with Gasteiger partial charge in [0.15, 0.2) is 0 Å². The summed E-state index contributed by atoms with van der Waals surface area (Å²) in [5.41, 5.74) is 0. The van der Waals surface area contributed by atoms with Gasteiger partial charge in [0.2, 0.25) is 5.29 Å². The smallest absolute Gasteiger partial charge is 0.274 e. The number of amidine groups is 1. The molecular formula is C10H18Cl2N2O. The molecule has 0 aromatic rings. The van der Waals surface area contributed by atoms with Gasteiger partial charge in [0, 0.05) is 13.1 Å². The van der Waals surface area contributed by atoms with Crippen molar-refractivity contribution in [3.05, 3.63) is 0 Å². The maximum Gasteiger partial charge on any atom is 0.322 e. The number of carbonyl (C=O) groups excluding carboxylic acids is 1. The second-order valence-electron chi connectivity index (χ2n) is 3.26. The fourth-order valence-electron chi connectivity index (χ4n) is 0.984. The first-order valence-electron chi connectivity index (χ1n) is 5.30. The van der Waals surface area contributed by atoms with Crippen molar-refractivity contribution in [1.82, 2.24) is 4.90 Å². The lowest BCUT2D eigenvalue weighted by molar-refractivity contribution is 0.242. The number of nitrogens with zero attached hydrogens (tertiary/aromatic N) is 2. The Hall–Kier alpha value is -0.280. The SMILES string of the molecule is CCCCN=C(Cl)N(CCCC)C(=O)Cl. The Labute approximate surface area is 101 Å². The highest BCUT2D eigenvalue weighted by molar-refractivity contribution is 6.71. The first kappa shape index (κ1) is 14.7. The van der Waals surface area contributed by atoms with Crippen molar-refractivity contribution < 1.29 is 4.79 Å². The van der Waals surface area contributed by atoms with E-state index in [2.05, 4.69) is 11.9 Å². The van der Waals surface area contributed by atoms with E-state index in [0.717, 1.165) is 25.7 Å². The molecule has 0 rings (SSSR count). The molecule has 0 N–H and O–H groups in total. The van der Waals surface area contributed by atoms with Crippen LogP contribution in [0.5, 0.6) is 0 Å². The highest BCUT2D eigenvalue weighted by Crippen LogP contribution is 2.06. The lowest BCUT2D eigenvalue weighted by Gasteiger charge is -2.16. The molecule has 0 spiro atoms. The summed E-state index contributed by atoms with van der Waals surface area (Å²) in [7, 11) is 0. The fraction of sp³-hybridized carbons (Fsp3) is 0.800. The summed E-state index contributed by atoms with van der Waals surface area (Å²) in [5.74, 6) is 0. The number of hydrogen-bond donors (Lipinski definition) is 0. The van der Waals surface area contributed by atoms with Gasteiger partial charge >= 0.3 is 5.37 Å². The molecule has 0 atom stereocenters. The summed E-state index contributed by atoms with van der Waals surface area (Å²) in [5, 5.41) is -0.356. The van der Waals surface area contributed by atoms with Crippen molar-refractivity contribution in [3.63, 3.8) is 0 Å². The molecule has 0 saturated heterocycles. The van der Waals surface area contributed by atoms with Gasteiger partial charge in [-0.1, -0.05) is 26.7 Å². The molecule has 1 amide bonds. The average molecular weight is 253 g/mol. The van der Waals surface area contributed by atoms with Gasteiger partial charge in [0.1, 0.15) is 0 Å². The van der Waals surface area contributed by atoms with Gasteiger partial charge in [0.25, 0.3) is 0 Å². The normalized spacial score (nSPS) is 11.6. The third-order valence-electron chi connectivity index (χ3n) is 1.92. The largest absolute Gasteiger partial charge is 0.322 e. The number of aliphatic imine (C=N–C) groups is 1. The van der Waals surface area contributed by atoms with Crippen LogP contribution in [-0.4, -0.2) is 28.7 Å². The molecule has 3 nitrogen and oxygen atoms in total. The number of rotatable bonds is 6. The third-order valence-corrected chi connectivity index (χ3v) is 2.45. The van der Waals surface area contributed by atoms with Crippen molar-refractivity contribution in [2.45, 2.75) is 39.5 Å². The van der Waals surface area contributed by atoms with Crippen LogP contribution in [0.2, 0.25) is 0 Å². The Morgan fingerprint density at radius 3 is 2.27 bits per heavy atom. The van der Waals surface area contributed by atoms with E-state index in [1.165, 1.54) is 4.90 Å². The molecule has 0 unspecified atom stereocenters. The van der Waals surface area contributed by atoms with E-state index in [1.54, 1.807) is 0 Å². The molecule has 88 valence electrons. The van der Waals surface area contributed by atoms with Gasteiger partial charge < -0.3 is 0 Å². The van der Waals surface area contributed by atoms with Gasteiger partial charge in [-0.15, -0.1) is 0 Å². The van der Waals surface area contributed by atoms with Crippen LogP contribution < -0.4 is 0 Å². The van der Waals surface area contributed by atoms with E-state index in [4.69, 9.17) is 23.2 Å². The minimum atomic E-state index is -0.561. The van der Waals surface area contributed by atoms with Gasteiger partial charge in [-0.05, 0) is 36.0 Å². The summed E-state index contributed by atoms with van der Waals surface area (Å²) in [4.78, 5) is 16.4. The molecule has 0 fully saturated rings. The molecule has 0 aromatic heterocycles. The number of amides is 1. The Bertz CT molecular complexity index is 219. The van der Waals surface area contributed by atoms with E-state index in [9.17, 15) is 4.79 Å². The lowest BCUT2D eigenvalue weighted by atomic mass is 10.3. The zero-order valence-electron chi connectivity index (χ0n) is 9.30. The maximum absolute atomic E-state index is 11.1. The van der Waals surface area contributed by atoms with Crippen molar-refractivity contribution in [2.24, 2.45) is 4.99 Å². The Morgan fingerprint density at radius 2 is 1.80 bits per heavy atom. The minimum absolute atomic E-state index is 0.205. The molecular weight excluding hydrogens is 235 g/mol. The Morgan fingerprint density at radius 1 is 1.20 bits per heavy atom.